The Balaban J connectivity index is 2.16. The maximum absolute atomic E-state index is 14.1. The van der Waals surface area contributed by atoms with Gasteiger partial charge in [-0.3, -0.25) is 14.4 Å². The monoisotopic (exact) mass is 521 g/mol. The quantitative estimate of drug-likeness (QED) is 0.403. The van der Waals surface area contributed by atoms with Crippen molar-refractivity contribution in [2.45, 2.75) is 43.8 Å². The number of hydrogen-bond donors (Lipinski definition) is 3. The molecule has 1 fully saturated rings. The lowest BCUT2D eigenvalue weighted by atomic mass is 10.1. The maximum Gasteiger partial charge on any atom is 0.305 e. The summed E-state index contributed by atoms with van der Waals surface area (Å²) in [6, 6.07) is -1.13. The van der Waals surface area contributed by atoms with Crippen molar-refractivity contribution in [2.75, 3.05) is 13.7 Å². The van der Waals surface area contributed by atoms with Gasteiger partial charge in [-0.25, -0.2) is 8.78 Å². The van der Waals surface area contributed by atoms with E-state index in [0.717, 1.165) is 0 Å². The molecular weight excluding hydrogens is 499 g/mol. The van der Waals surface area contributed by atoms with Gasteiger partial charge in [-0.1, -0.05) is 29.8 Å². The van der Waals surface area contributed by atoms with Crippen LogP contribution in [0, 0.1) is 0 Å². The number of halogens is 4. The summed E-state index contributed by atoms with van der Waals surface area (Å²) >= 11 is 12.2. The molecule has 2 rings (SSSR count). The van der Waals surface area contributed by atoms with Gasteiger partial charge < -0.3 is 30.2 Å². The highest BCUT2D eigenvalue weighted by Gasteiger charge is 2.50. The predicted octanol–water partition coefficient (Wildman–Crippen LogP) is 2.35. The van der Waals surface area contributed by atoms with Crippen LogP contribution in [0.2, 0.25) is 10.0 Å². The third-order valence-corrected chi connectivity index (χ3v) is 5.62. The summed E-state index contributed by atoms with van der Waals surface area (Å²) in [5, 5.41) is 14.0. The summed E-state index contributed by atoms with van der Waals surface area (Å²) in [6.07, 6.45) is -1.51. The van der Waals surface area contributed by atoms with Crippen molar-refractivity contribution in [3.63, 3.8) is 0 Å². The number of hydrogen-bond acceptors (Lipinski definition) is 6. The molecule has 2 amide bonds. The molecule has 13 heteroatoms. The van der Waals surface area contributed by atoms with Crippen LogP contribution in [0.25, 0.3) is 5.70 Å². The number of benzene rings is 1. The number of aldehydes is 1. The largest absolute Gasteiger partial charge is 0.494 e. The second kappa shape index (κ2) is 11.0. The summed E-state index contributed by atoms with van der Waals surface area (Å²) in [7, 11) is 1.39. The van der Waals surface area contributed by atoms with E-state index in [2.05, 4.69) is 17.2 Å². The van der Waals surface area contributed by atoms with E-state index in [1.807, 2.05) is 0 Å². The smallest absolute Gasteiger partial charge is 0.305 e. The summed E-state index contributed by atoms with van der Waals surface area (Å²) in [5.74, 6) is -6.35. The summed E-state index contributed by atoms with van der Waals surface area (Å²) in [4.78, 5) is 48.0. The highest BCUT2D eigenvalue weighted by Crippen LogP contribution is 2.36. The molecule has 1 aliphatic heterocycles. The summed E-state index contributed by atoms with van der Waals surface area (Å²) in [5.41, 5.74) is 0.626. The molecule has 1 aromatic carbocycles. The second-order valence-electron chi connectivity index (χ2n) is 7.71. The van der Waals surface area contributed by atoms with Gasteiger partial charge in [0.2, 0.25) is 11.8 Å². The number of aliphatic carboxylic acids is 1. The molecule has 9 nitrogen and oxygen atoms in total. The Morgan fingerprint density at radius 3 is 2.41 bits per heavy atom. The highest BCUT2D eigenvalue weighted by atomic mass is 35.5. The molecule has 1 aliphatic rings. The molecule has 0 radical (unpaired) electrons. The zero-order chi connectivity index (χ0) is 25.8. The number of likely N-dealkylation sites (tertiary alicyclic amines) is 1. The fourth-order valence-corrected chi connectivity index (χ4v) is 4.11. The Kier molecular flexibility index (Phi) is 8.84. The number of ether oxygens (including phenoxy) is 1. The number of carbonyl (C=O) groups is 4. The van der Waals surface area contributed by atoms with E-state index in [1.165, 1.54) is 26.2 Å². The first-order valence-corrected chi connectivity index (χ1v) is 10.7. The van der Waals surface area contributed by atoms with E-state index in [1.54, 1.807) is 0 Å². The Hall–Kier alpha value is -2.92. The van der Waals surface area contributed by atoms with Gasteiger partial charge in [0.15, 0.2) is 5.75 Å². The van der Waals surface area contributed by atoms with Gasteiger partial charge in [-0.15, -0.1) is 0 Å². The Morgan fingerprint density at radius 2 is 1.91 bits per heavy atom. The average Bonchev–Trinajstić information content (AvgIpc) is 3.07. The van der Waals surface area contributed by atoms with Gasteiger partial charge in [-0.2, -0.15) is 0 Å². The number of carboxylic acid groups (broad SMARTS) is 1. The Bertz CT molecular complexity index is 984. The third kappa shape index (κ3) is 6.57. The lowest BCUT2D eigenvalue weighted by Crippen LogP contribution is -2.53. The van der Waals surface area contributed by atoms with Crippen molar-refractivity contribution in [1.82, 2.24) is 15.5 Å². The number of methoxy groups -OCH3 is 1. The van der Waals surface area contributed by atoms with Gasteiger partial charge in [0.1, 0.15) is 18.4 Å². The number of carboxylic acids is 1. The van der Waals surface area contributed by atoms with Gasteiger partial charge in [0, 0.05) is 17.7 Å². The number of amides is 2. The van der Waals surface area contributed by atoms with Crippen LogP contribution in [-0.2, 0) is 19.2 Å². The fraction of sp³-hybridized carbons (Fsp3) is 0.429. The molecule has 186 valence electrons. The lowest BCUT2D eigenvalue weighted by Gasteiger charge is -2.28. The van der Waals surface area contributed by atoms with Crippen LogP contribution in [0.4, 0.5) is 8.78 Å². The zero-order valence-electron chi connectivity index (χ0n) is 18.2. The van der Waals surface area contributed by atoms with E-state index in [-0.39, 0.29) is 27.8 Å². The van der Waals surface area contributed by atoms with E-state index >= 15 is 0 Å². The van der Waals surface area contributed by atoms with Gasteiger partial charge in [-0.05, 0) is 19.1 Å². The van der Waals surface area contributed by atoms with Crippen LogP contribution in [0.3, 0.4) is 0 Å². The molecular formula is C21H23Cl2F2N3O6. The van der Waals surface area contributed by atoms with Crippen LogP contribution in [0.15, 0.2) is 18.7 Å². The molecule has 0 aromatic heterocycles. The Morgan fingerprint density at radius 1 is 1.32 bits per heavy atom. The highest BCUT2D eigenvalue weighted by molar-refractivity contribution is 6.37. The van der Waals surface area contributed by atoms with Crippen molar-refractivity contribution in [3.05, 3.63) is 34.3 Å². The molecule has 3 atom stereocenters. The number of rotatable bonds is 10. The lowest BCUT2D eigenvalue weighted by molar-refractivity contribution is -0.141. The molecule has 0 saturated carbocycles. The fourth-order valence-electron chi connectivity index (χ4n) is 3.47. The number of nitrogens with one attached hydrogen (secondary N) is 2. The standard InChI is InChI=1S/C21H23Cl2F2N3O6/c1-10(12-4-14(22)18(34-3)15(23)5-12)26-11(2)20(33)28-9-21(24,25)7-16(28)19(32)27-13(8-29)6-17(30)31/h4-5,8,11,13,16,26H,1,6-7,9H2,2-3H3,(H,27,32)(H,30,31)/t11-,13-,16?/m0/s1. The van der Waals surface area contributed by atoms with Crippen molar-refractivity contribution >= 4 is 53.0 Å². The number of alkyl halides is 2. The SMILES string of the molecule is C=C(N[C@@H](C)C(=O)N1CC(F)(F)CC1C(=O)N[C@H](C=O)CC(=O)O)c1cc(Cl)c(OC)c(Cl)c1. The molecule has 1 aromatic rings. The second-order valence-corrected chi connectivity index (χ2v) is 8.52. The molecule has 34 heavy (non-hydrogen) atoms. The van der Waals surface area contributed by atoms with Crippen molar-refractivity contribution in [1.29, 1.82) is 0 Å². The third-order valence-electron chi connectivity index (χ3n) is 5.05. The van der Waals surface area contributed by atoms with Crippen molar-refractivity contribution < 1.29 is 37.8 Å². The van der Waals surface area contributed by atoms with Crippen molar-refractivity contribution in [3.8, 4) is 5.75 Å². The number of nitrogens with zero attached hydrogens (tertiary/aromatic N) is 1. The van der Waals surface area contributed by atoms with Gasteiger partial charge >= 0.3 is 5.97 Å². The van der Waals surface area contributed by atoms with Gasteiger partial charge in [0.05, 0.1) is 36.2 Å². The Labute approximate surface area is 204 Å². The first kappa shape index (κ1) is 27.3. The number of carbonyl (C=O) groups excluding carboxylic acids is 3. The van der Waals surface area contributed by atoms with Gasteiger partial charge in [0.25, 0.3) is 5.92 Å². The molecule has 0 spiro atoms. The van der Waals surface area contributed by atoms with Crippen LogP contribution < -0.4 is 15.4 Å². The maximum atomic E-state index is 14.1. The minimum absolute atomic E-state index is 0.185. The molecule has 1 unspecified atom stereocenters. The molecule has 1 heterocycles. The van der Waals surface area contributed by atoms with Crippen molar-refractivity contribution in [2.24, 2.45) is 0 Å². The van der Waals surface area contributed by atoms with E-state index in [0.29, 0.717) is 10.5 Å². The zero-order valence-corrected chi connectivity index (χ0v) is 19.8. The first-order chi connectivity index (χ1) is 15.8. The van der Waals surface area contributed by atoms with Crippen LogP contribution in [0.1, 0.15) is 25.3 Å². The molecule has 0 aliphatic carbocycles. The van der Waals surface area contributed by atoms with E-state index in [9.17, 15) is 28.0 Å². The minimum atomic E-state index is -3.35. The average molecular weight is 522 g/mol. The predicted molar refractivity (Wildman–Crippen MR) is 120 cm³/mol. The first-order valence-electron chi connectivity index (χ1n) is 9.94. The summed E-state index contributed by atoms with van der Waals surface area (Å²) < 4.78 is 33.3. The molecule has 3 N–H and O–H groups in total. The normalized spacial score (nSPS) is 18.5. The van der Waals surface area contributed by atoms with E-state index < -0.39 is 61.2 Å². The topological polar surface area (TPSA) is 125 Å². The molecule has 1 saturated heterocycles. The molecule has 0 bridgehead atoms. The summed E-state index contributed by atoms with van der Waals surface area (Å²) in [6.45, 7) is 4.18. The van der Waals surface area contributed by atoms with Crippen LogP contribution in [0.5, 0.6) is 5.75 Å². The minimum Gasteiger partial charge on any atom is -0.494 e. The van der Waals surface area contributed by atoms with E-state index in [4.69, 9.17) is 33.0 Å². The van der Waals surface area contributed by atoms with Crippen LogP contribution in [-0.4, -0.2) is 71.8 Å². The van der Waals surface area contributed by atoms with Crippen LogP contribution >= 0.6 is 23.2 Å².